The molecule has 0 atom stereocenters. The van der Waals surface area contributed by atoms with E-state index >= 15 is 0 Å². The highest BCUT2D eigenvalue weighted by atomic mass is 16.5. The summed E-state index contributed by atoms with van der Waals surface area (Å²) >= 11 is 0. The van der Waals surface area contributed by atoms with Crippen LogP contribution in [0.5, 0.6) is 11.5 Å². The van der Waals surface area contributed by atoms with Crippen LogP contribution in [0.4, 0.5) is 0 Å². The van der Waals surface area contributed by atoms with Crippen LogP contribution in [-0.4, -0.2) is 13.7 Å². The molecule has 3 nitrogen and oxygen atoms in total. The molecule has 0 amide bonds. The lowest BCUT2D eigenvalue weighted by atomic mass is 10.1. The van der Waals surface area contributed by atoms with Crippen LogP contribution in [0.3, 0.4) is 0 Å². The Kier molecular flexibility index (Phi) is 5.64. The van der Waals surface area contributed by atoms with Crippen molar-refractivity contribution < 1.29 is 9.47 Å². The lowest BCUT2D eigenvalue weighted by Gasteiger charge is -2.12. The van der Waals surface area contributed by atoms with Gasteiger partial charge in [0.05, 0.1) is 7.11 Å². The van der Waals surface area contributed by atoms with Gasteiger partial charge in [-0.2, -0.15) is 0 Å². The van der Waals surface area contributed by atoms with E-state index in [0.29, 0.717) is 13.2 Å². The largest absolute Gasteiger partial charge is 0.493 e. The third kappa shape index (κ3) is 4.50. The molecule has 0 aliphatic carbocycles. The van der Waals surface area contributed by atoms with Gasteiger partial charge in [0.25, 0.3) is 0 Å². The molecule has 0 bridgehead atoms. The van der Waals surface area contributed by atoms with Crippen LogP contribution >= 0.6 is 0 Å². The first-order valence-corrected chi connectivity index (χ1v) is 7.28. The molecule has 0 heterocycles. The predicted octanol–water partition coefficient (Wildman–Crippen LogP) is 3.47. The molecule has 0 unspecified atom stereocenters. The van der Waals surface area contributed by atoms with Crippen LogP contribution in [0, 0.1) is 6.92 Å². The van der Waals surface area contributed by atoms with Crippen molar-refractivity contribution in [1.29, 1.82) is 0 Å². The van der Waals surface area contributed by atoms with Crippen molar-refractivity contribution in [3.05, 3.63) is 59.2 Å². The number of methoxy groups -OCH3 is 1. The van der Waals surface area contributed by atoms with E-state index in [1.165, 1.54) is 11.1 Å². The molecule has 3 heteroatoms. The fraction of sp³-hybridized carbons (Fsp3) is 0.333. The fourth-order valence-electron chi connectivity index (χ4n) is 2.26. The Morgan fingerprint density at radius 3 is 2.57 bits per heavy atom. The van der Waals surface area contributed by atoms with Crippen LogP contribution in [0.25, 0.3) is 0 Å². The Balaban J connectivity index is 2.05. The molecule has 0 aliphatic rings. The van der Waals surface area contributed by atoms with Gasteiger partial charge in [-0.3, -0.25) is 0 Å². The van der Waals surface area contributed by atoms with Gasteiger partial charge in [-0.25, -0.2) is 0 Å². The molecule has 112 valence electrons. The number of nitrogens with two attached hydrogens (primary N) is 1. The Hall–Kier alpha value is -2.00. The summed E-state index contributed by atoms with van der Waals surface area (Å²) in [6.07, 6.45) is 1.94. The lowest BCUT2D eigenvalue weighted by Crippen LogP contribution is -2.01. The second-order valence-corrected chi connectivity index (χ2v) is 5.16. The topological polar surface area (TPSA) is 44.5 Å². The molecule has 0 saturated carbocycles. The third-order valence-corrected chi connectivity index (χ3v) is 3.37. The summed E-state index contributed by atoms with van der Waals surface area (Å²) in [5, 5.41) is 0. The zero-order valence-corrected chi connectivity index (χ0v) is 12.8. The van der Waals surface area contributed by atoms with Crippen molar-refractivity contribution >= 4 is 0 Å². The smallest absolute Gasteiger partial charge is 0.161 e. The van der Waals surface area contributed by atoms with E-state index in [9.17, 15) is 0 Å². The lowest BCUT2D eigenvalue weighted by molar-refractivity contribution is 0.284. The van der Waals surface area contributed by atoms with E-state index in [4.69, 9.17) is 15.2 Å². The molecule has 0 saturated heterocycles. The average Bonchev–Trinajstić information content (AvgIpc) is 2.51. The van der Waals surface area contributed by atoms with Crippen LogP contribution in [0.15, 0.2) is 42.5 Å². The number of benzene rings is 2. The Morgan fingerprint density at radius 2 is 1.86 bits per heavy atom. The number of ether oxygens (including phenoxy) is 2. The van der Waals surface area contributed by atoms with Crippen molar-refractivity contribution in [1.82, 2.24) is 0 Å². The number of hydrogen-bond acceptors (Lipinski definition) is 3. The van der Waals surface area contributed by atoms with Crippen molar-refractivity contribution in [2.45, 2.75) is 26.4 Å². The summed E-state index contributed by atoms with van der Waals surface area (Å²) in [4.78, 5) is 0. The maximum Gasteiger partial charge on any atom is 0.161 e. The van der Waals surface area contributed by atoms with Gasteiger partial charge in [0.15, 0.2) is 11.5 Å². The molecule has 0 radical (unpaired) electrons. The third-order valence-electron chi connectivity index (χ3n) is 3.37. The first-order chi connectivity index (χ1) is 10.2. The first kappa shape index (κ1) is 15.4. The van der Waals surface area contributed by atoms with E-state index in [1.54, 1.807) is 7.11 Å². The predicted molar refractivity (Wildman–Crippen MR) is 85.9 cm³/mol. The normalized spacial score (nSPS) is 10.4. The fourth-order valence-corrected chi connectivity index (χ4v) is 2.26. The van der Waals surface area contributed by atoms with Gasteiger partial charge in [0.1, 0.15) is 6.61 Å². The maximum absolute atomic E-state index is 5.88. The zero-order valence-electron chi connectivity index (χ0n) is 12.8. The molecule has 2 aromatic rings. The summed E-state index contributed by atoms with van der Waals surface area (Å²) in [5.74, 6) is 1.55. The molecule has 0 spiro atoms. The van der Waals surface area contributed by atoms with E-state index in [1.807, 2.05) is 18.2 Å². The van der Waals surface area contributed by atoms with Gasteiger partial charge in [0.2, 0.25) is 0 Å². The van der Waals surface area contributed by atoms with Gasteiger partial charge in [-0.05, 0) is 49.6 Å². The molecule has 21 heavy (non-hydrogen) atoms. The van der Waals surface area contributed by atoms with Crippen molar-refractivity contribution in [3.8, 4) is 11.5 Å². The molecule has 0 fully saturated rings. The summed E-state index contributed by atoms with van der Waals surface area (Å²) < 4.78 is 11.3. The SMILES string of the molecule is COc1cc(CCCN)ccc1OCc1cccc(C)c1. The van der Waals surface area contributed by atoms with E-state index < -0.39 is 0 Å². The average molecular weight is 285 g/mol. The summed E-state index contributed by atoms with van der Waals surface area (Å²) in [7, 11) is 1.67. The van der Waals surface area contributed by atoms with Gasteiger partial charge in [-0.1, -0.05) is 35.9 Å². The summed E-state index contributed by atoms with van der Waals surface area (Å²) in [6, 6.07) is 14.4. The minimum atomic E-state index is 0.542. The standard InChI is InChI=1S/C18H23NO2/c1-14-5-3-6-16(11-14)13-21-17-9-8-15(7-4-10-19)12-18(17)20-2/h3,5-6,8-9,11-12H,4,7,10,13,19H2,1-2H3. The number of hydrogen-bond donors (Lipinski definition) is 1. The van der Waals surface area contributed by atoms with Crippen LogP contribution in [0.2, 0.25) is 0 Å². The molecular formula is C18H23NO2. The van der Waals surface area contributed by atoms with Crippen LogP contribution in [0.1, 0.15) is 23.1 Å². The highest BCUT2D eigenvalue weighted by molar-refractivity contribution is 5.43. The van der Waals surface area contributed by atoms with Crippen LogP contribution < -0.4 is 15.2 Å². The highest BCUT2D eigenvalue weighted by Crippen LogP contribution is 2.29. The van der Waals surface area contributed by atoms with E-state index in [-0.39, 0.29) is 0 Å². The van der Waals surface area contributed by atoms with Gasteiger partial charge >= 0.3 is 0 Å². The minimum absolute atomic E-state index is 0.542. The maximum atomic E-state index is 5.88. The molecule has 2 rings (SSSR count). The van der Waals surface area contributed by atoms with Gasteiger partial charge < -0.3 is 15.2 Å². The number of rotatable bonds is 7. The Morgan fingerprint density at radius 1 is 1.00 bits per heavy atom. The second kappa shape index (κ2) is 7.70. The summed E-state index contributed by atoms with van der Waals surface area (Å²) in [6.45, 7) is 3.32. The van der Waals surface area contributed by atoms with Gasteiger partial charge in [0, 0.05) is 0 Å². The van der Waals surface area contributed by atoms with Crippen molar-refractivity contribution in [2.75, 3.05) is 13.7 Å². The molecular weight excluding hydrogens is 262 g/mol. The van der Waals surface area contributed by atoms with E-state index in [2.05, 4.69) is 31.2 Å². The van der Waals surface area contributed by atoms with Crippen molar-refractivity contribution in [2.24, 2.45) is 5.73 Å². The molecule has 2 aromatic carbocycles. The summed E-state index contributed by atoms with van der Waals surface area (Å²) in [5.41, 5.74) is 9.16. The Bertz CT molecular complexity index is 581. The minimum Gasteiger partial charge on any atom is -0.493 e. The molecule has 0 aliphatic heterocycles. The second-order valence-electron chi connectivity index (χ2n) is 5.16. The van der Waals surface area contributed by atoms with E-state index in [0.717, 1.165) is 29.9 Å². The van der Waals surface area contributed by atoms with Crippen molar-refractivity contribution in [3.63, 3.8) is 0 Å². The van der Waals surface area contributed by atoms with Crippen LogP contribution in [-0.2, 0) is 13.0 Å². The highest BCUT2D eigenvalue weighted by Gasteiger charge is 2.06. The number of aryl methyl sites for hydroxylation is 2. The van der Waals surface area contributed by atoms with Gasteiger partial charge in [-0.15, -0.1) is 0 Å². The Labute approximate surface area is 126 Å². The quantitative estimate of drug-likeness (QED) is 0.847. The molecule has 0 aromatic heterocycles. The zero-order chi connectivity index (χ0) is 15.1. The first-order valence-electron chi connectivity index (χ1n) is 7.28. The monoisotopic (exact) mass is 285 g/mol. The molecule has 2 N–H and O–H groups in total.